The van der Waals surface area contributed by atoms with Crippen LogP contribution in [0.25, 0.3) is 0 Å². The van der Waals surface area contributed by atoms with E-state index >= 15 is 0 Å². The van der Waals surface area contributed by atoms with Gasteiger partial charge in [-0.05, 0) is 37.7 Å². The van der Waals surface area contributed by atoms with Crippen LogP contribution in [0.2, 0.25) is 0 Å². The molecule has 22 heavy (non-hydrogen) atoms. The molecule has 0 spiro atoms. The van der Waals surface area contributed by atoms with Crippen LogP contribution in [0.4, 0.5) is 4.79 Å². The Balaban J connectivity index is 1.60. The van der Waals surface area contributed by atoms with Gasteiger partial charge in [-0.15, -0.1) is 0 Å². The highest BCUT2D eigenvalue weighted by molar-refractivity contribution is 5.69. The number of carbonyl (C=O) groups is 1. The Bertz CT molecular complexity index is 502. The number of piperidine rings is 1. The minimum atomic E-state index is -0.587. The van der Waals surface area contributed by atoms with Crippen molar-refractivity contribution < 1.29 is 14.6 Å². The maximum absolute atomic E-state index is 12.4. The van der Waals surface area contributed by atoms with Crippen molar-refractivity contribution >= 4 is 6.09 Å². The maximum atomic E-state index is 12.4. The Labute approximate surface area is 132 Å². The number of ether oxygens (including phenoxy) is 1. The summed E-state index contributed by atoms with van der Waals surface area (Å²) >= 11 is 0. The lowest BCUT2D eigenvalue weighted by atomic mass is 9.83. The molecular weight excluding hydrogens is 278 g/mol. The van der Waals surface area contributed by atoms with E-state index in [-0.39, 0.29) is 18.2 Å². The summed E-state index contributed by atoms with van der Waals surface area (Å²) in [6.45, 7) is 2.41. The summed E-state index contributed by atoms with van der Waals surface area (Å²) in [5, 5.41) is 10.7. The molecule has 1 aromatic rings. The third-order valence-electron chi connectivity index (χ3n) is 4.98. The molecule has 2 atom stereocenters. The fraction of sp³-hybridized carbons (Fsp3) is 0.611. The number of carbonyl (C=O) groups excluding carboxylic acids is 1. The third kappa shape index (κ3) is 3.12. The van der Waals surface area contributed by atoms with Gasteiger partial charge in [0.15, 0.2) is 0 Å². The van der Waals surface area contributed by atoms with Gasteiger partial charge in [-0.25, -0.2) is 4.79 Å². The SMILES string of the molecule is CCCC1(O)CC2CCC(C1)N2C(=O)OCc1ccccc1. The Morgan fingerprint density at radius 1 is 1.27 bits per heavy atom. The second kappa shape index (κ2) is 6.29. The molecule has 2 bridgehead atoms. The van der Waals surface area contributed by atoms with E-state index < -0.39 is 5.60 Å². The second-order valence-electron chi connectivity index (χ2n) is 6.72. The first-order valence-corrected chi connectivity index (χ1v) is 8.33. The quantitative estimate of drug-likeness (QED) is 0.926. The molecule has 4 nitrogen and oxygen atoms in total. The van der Waals surface area contributed by atoms with E-state index in [1.807, 2.05) is 35.2 Å². The van der Waals surface area contributed by atoms with Crippen molar-refractivity contribution in [1.29, 1.82) is 0 Å². The van der Waals surface area contributed by atoms with Crippen LogP contribution in [-0.4, -0.2) is 33.8 Å². The van der Waals surface area contributed by atoms with Crippen molar-refractivity contribution in [1.82, 2.24) is 4.90 Å². The van der Waals surface area contributed by atoms with Gasteiger partial charge in [0, 0.05) is 12.1 Å². The number of hydrogen-bond donors (Lipinski definition) is 1. The number of amides is 1. The first-order chi connectivity index (χ1) is 10.6. The molecule has 120 valence electrons. The summed E-state index contributed by atoms with van der Waals surface area (Å²) in [7, 11) is 0. The smallest absolute Gasteiger partial charge is 0.410 e. The van der Waals surface area contributed by atoms with Gasteiger partial charge >= 0.3 is 6.09 Å². The van der Waals surface area contributed by atoms with Crippen molar-refractivity contribution in [3.8, 4) is 0 Å². The van der Waals surface area contributed by atoms with Crippen molar-refractivity contribution in [2.24, 2.45) is 0 Å². The van der Waals surface area contributed by atoms with E-state index in [0.717, 1.165) is 31.2 Å². The molecule has 0 aromatic heterocycles. The van der Waals surface area contributed by atoms with Gasteiger partial charge in [-0.3, -0.25) is 0 Å². The minimum Gasteiger partial charge on any atom is -0.445 e. The number of hydrogen-bond acceptors (Lipinski definition) is 3. The number of nitrogens with zero attached hydrogens (tertiary/aromatic N) is 1. The van der Waals surface area contributed by atoms with E-state index in [1.165, 1.54) is 0 Å². The first-order valence-electron chi connectivity index (χ1n) is 8.33. The van der Waals surface area contributed by atoms with E-state index in [9.17, 15) is 9.90 Å². The van der Waals surface area contributed by atoms with Crippen LogP contribution < -0.4 is 0 Å². The van der Waals surface area contributed by atoms with Crippen LogP contribution in [-0.2, 0) is 11.3 Å². The number of aliphatic hydroxyl groups is 1. The molecule has 2 saturated heterocycles. The molecule has 3 rings (SSSR count). The van der Waals surface area contributed by atoms with E-state index in [0.29, 0.717) is 19.4 Å². The number of fused-ring (bicyclic) bond motifs is 2. The van der Waals surface area contributed by atoms with Gasteiger partial charge in [0.1, 0.15) is 6.61 Å². The predicted molar refractivity (Wildman–Crippen MR) is 84.4 cm³/mol. The highest BCUT2D eigenvalue weighted by Crippen LogP contribution is 2.43. The molecule has 2 aliphatic heterocycles. The normalized spacial score (nSPS) is 30.4. The van der Waals surface area contributed by atoms with Gasteiger partial charge < -0.3 is 14.7 Å². The molecule has 4 heteroatoms. The summed E-state index contributed by atoms with van der Waals surface area (Å²) in [6.07, 6.45) is 4.93. The Kier molecular flexibility index (Phi) is 4.39. The third-order valence-corrected chi connectivity index (χ3v) is 4.98. The summed E-state index contributed by atoms with van der Waals surface area (Å²) in [6, 6.07) is 10.0. The maximum Gasteiger partial charge on any atom is 0.410 e. The predicted octanol–water partition coefficient (Wildman–Crippen LogP) is 3.48. The summed E-state index contributed by atoms with van der Waals surface area (Å²) in [4.78, 5) is 14.3. The van der Waals surface area contributed by atoms with Crippen molar-refractivity contribution in [3.63, 3.8) is 0 Å². The Morgan fingerprint density at radius 3 is 2.50 bits per heavy atom. The van der Waals surface area contributed by atoms with Crippen LogP contribution in [0.5, 0.6) is 0 Å². The van der Waals surface area contributed by atoms with Gasteiger partial charge in [-0.2, -0.15) is 0 Å². The lowest BCUT2D eigenvalue weighted by molar-refractivity contribution is -0.0544. The first kappa shape index (κ1) is 15.3. The highest BCUT2D eigenvalue weighted by Gasteiger charge is 2.49. The topological polar surface area (TPSA) is 49.8 Å². The highest BCUT2D eigenvalue weighted by atomic mass is 16.6. The molecule has 0 radical (unpaired) electrons. The zero-order valence-electron chi connectivity index (χ0n) is 13.2. The standard InChI is InChI=1S/C18H25NO3/c1-2-10-18(21)11-15-8-9-16(12-18)19(15)17(20)22-13-14-6-4-3-5-7-14/h3-7,15-16,21H,2,8-13H2,1H3. The van der Waals surface area contributed by atoms with Crippen molar-refractivity contribution in [2.75, 3.05) is 0 Å². The van der Waals surface area contributed by atoms with Gasteiger partial charge in [0.05, 0.1) is 5.60 Å². The fourth-order valence-electron chi connectivity index (χ4n) is 4.08. The van der Waals surface area contributed by atoms with Crippen LogP contribution in [0, 0.1) is 0 Å². The lowest BCUT2D eigenvalue weighted by Crippen LogP contribution is -2.53. The molecule has 1 aromatic carbocycles. The number of rotatable bonds is 4. The average molecular weight is 303 g/mol. The van der Waals surface area contributed by atoms with E-state index in [2.05, 4.69) is 6.92 Å². The zero-order valence-corrected chi connectivity index (χ0v) is 13.2. The molecule has 2 unspecified atom stereocenters. The molecule has 0 saturated carbocycles. The van der Waals surface area contributed by atoms with Crippen molar-refractivity contribution in [3.05, 3.63) is 35.9 Å². The number of benzene rings is 1. The molecule has 2 heterocycles. The lowest BCUT2D eigenvalue weighted by Gasteiger charge is -2.43. The van der Waals surface area contributed by atoms with Crippen LogP contribution in [0.15, 0.2) is 30.3 Å². The molecule has 0 aliphatic carbocycles. The molecular formula is C18H25NO3. The van der Waals surface area contributed by atoms with Gasteiger partial charge in [-0.1, -0.05) is 43.7 Å². The van der Waals surface area contributed by atoms with E-state index in [1.54, 1.807) is 0 Å². The second-order valence-corrected chi connectivity index (χ2v) is 6.72. The molecule has 1 N–H and O–H groups in total. The molecule has 1 amide bonds. The van der Waals surface area contributed by atoms with Gasteiger partial charge in [0.25, 0.3) is 0 Å². The summed E-state index contributed by atoms with van der Waals surface area (Å²) < 4.78 is 5.48. The van der Waals surface area contributed by atoms with E-state index in [4.69, 9.17) is 4.74 Å². The Morgan fingerprint density at radius 2 is 1.91 bits per heavy atom. The van der Waals surface area contributed by atoms with Crippen LogP contribution in [0.3, 0.4) is 0 Å². The fourth-order valence-corrected chi connectivity index (χ4v) is 4.08. The monoisotopic (exact) mass is 303 g/mol. The van der Waals surface area contributed by atoms with Crippen LogP contribution >= 0.6 is 0 Å². The van der Waals surface area contributed by atoms with Crippen LogP contribution in [0.1, 0.15) is 51.0 Å². The molecule has 2 fully saturated rings. The minimum absolute atomic E-state index is 0.138. The van der Waals surface area contributed by atoms with Crippen molar-refractivity contribution in [2.45, 2.75) is 69.7 Å². The summed E-state index contributed by atoms with van der Waals surface area (Å²) in [5.74, 6) is 0. The summed E-state index contributed by atoms with van der Waals surface area (Å²) in [5.41, 5.74) is 0.416. The zero-order chi connectivity index (χ0) is 15.6. The average Bonchev–Trinajstić information content (AvgIpc) is 2.79. The van der Waals surface area contributed by atoms with Gasteiger partial charge in [0.2, 0.25) is 0 Å². The largest absolute Gasteiger partial charge is 0.445 e. The molecule has 2 aliphatic rings. The Hall–Kier alpha value is -1.55.